The third-order valence-electron chi connectivity index (χ3n) is 3.93. The van der Waals surface area contributed by atoms with Gasteiger partial charge in [0.1, 0.15) is 17.2 Å². The molecule has 0 saturated heterocycles. The number of para-hydroxylation sites is 1. The number of amides is 1. The van der Waals surface area contributed by atoms with Crippen molar-refractivity contribution in [2.75, 3.05) is 13.7 Å². The first kappa shape index (κ1) is 20.6. The van der Waals surface area contributed by atoms with E-state index in [4.69, 9.17) is 14.2 Å². The lowest BCUT2D eigenvalue weighted by Crippen LogP contribution is -2.24. The number of carbonyl (C=O) groups excluding carboxylic acids is 2. The summed E-state index contributed by atoms with van der Waals surface area (Å²) in [5.74, 6) is 0.823. The number of nitrogens with one attached hydrogen (secondary N) is 1. The molecule has 0 aromatic heterocycles. The molecule has 0 aliphatic carbocycles. The molecule has 0 spiro atoms. The highest BCUT2D eigenvalue weighted by Gasteiger charge is 2.08. The summed E-state index contributed by atoms with van der Waals surface area (Å²) in [7, 11) is 1.56. The van der Waals surface area contributed by atoms with Gasteiger partial charge in [0.05, 0.1) is 18.9 Å². The van der Waals surface area contributed by atoms with Crippen LogP contribution in [-0.4, -0.2) is 31.8 Å². The van der Waals surface area contributed by atoms with Gasteiger partial charge < -0.3 is 14.2 Å². The Kier molecular flexibility index (Phi) is 7.16. The number of benzene rings is 3. The predicted molar refractivity (Wildman–Crippen MR) is 112 cm³/mol. The first-order valence-electron chi connectivity index (χ1n) is 9.10. The van der Waals surface area contributed by atoms with Crippen molar-refractivity contribution in [3.8, 4) is 17.2 Å². The Bertz CT molecular complexity index is 1000. The van der Waals surface area contributed by atoms with Gasteiger partial charge in [-0.2, -0.15) is 5.10 Å². The van der Waals surface area contributed by atoms with Crippen molar-refractivity contribution < 1.29 is 23.8 Å². The van der Waals surface area contributed by atoms with Crippen molar-refractivity contribution in [3.63, 3.8) is 0 Å². The van der Waals surface area contributed by atoms with Gasteiger partial charge in [0.2, 0.25) is 0 Å². The molecule has 0 radical (unpaired) electrons. The van der Waals surface area contributed by atoms with Crippen LogP contribution in [0.2, 0.25) is 0 Å². The fraction of sp³-hybridized carbons (Fsp3) is 0.0870. The summed E-state index contributed by atoms with van der Waals surface area (Å²) < 4.78 is 15.7. The van der Waals surface area contributed by atoms with Crippen LogP contribution in [0.1, 0.15) is 15.9 Å². The fourth-order valence-electron chi connectivity index (χ4n) is 2.39. The zero-order chi connectivity index (χ0) is 21.2. The molecule has 1 amide bonds. The molecule has 0 fully saturated rings. The number of esters is 1. The second-order valence-electron chi connectivity index (χ2n) is 6.08. The average molecular weight is 404 g/mol. The van der Waals surface area contributed by atoms with Crippen LogP contribution in [-0.2, 0) is 4.79 Å². The van der Waals surface area contributed by atoms with Crippen LogP contribution < -0.4 is 19.6 Å². The molecule has 0 bridgehead atoms. The summed E-state index contributed by atoms with van der Waals surface area (Å²) in [5.41, 5.74) is 3.53. The lowest BCUT2D eigenvalue weighted by molar-refractivity contribution is -0.123. The molecule has 3 rings (SSSR count). The van der Waals surface area contributed by atoms with Gasteiger partial charge in [-0.15, -0.1) is 0 Å². The van der Waals surface area contributed by atoms with Crippen molar-refractivity contribution in [3.05, 3.63) is 90.0 Å². The minimum atomic E-state index is -0.468. The molecule has 3 aromatic carbocycles. The van der Waals surface area contributed by atoms with Gasteiger partial charge in [0.15, 0.2) is 6.61 Å². The maximum atomic E-state index is 12.2. The summed E-state index contributed by atoms with van der Waals surface area (Å²) in [6, 6.07) is 22.4. The van der Waals surface area contributed by atoms with Crippen LogP contribution in [0.3, 0.4) is 0 Å². The van der Waals surface area contributed by atoms with Crippen LogP contribution >= 0.6 is 0 Å². The number of hydrogen-bond donors (Lipinski definition) is 1. The van der Waals surface area contributed by atoms with Gasteiger partial charge in [0.25, 0.3) is 5.91 Å². The van der Waals surface area contributed by atoms with Crippen LogP contribution in [0.15, 0.2) is 84.0 Å². The molecule has 3 aromatic rings. The Hall–Kier alpha value is -4.13. The standard InChI is InChI=1S/C23H20N2O5/c1-28-19-13-9-18(10-14-19)23(27)30-21-11-7-17(8-12-21)15-24-25-22(26)16-29-20-5-3-2-4-6-20/h2-15H,16H2,1H3,(H,25,26)/b24-15+. The zero-order valence-corrected chi connectivity index (χ0v) is 16.3. The van der Waals surface area contributed by atoms with E-state index in [0.717, 1.165) is 5.56 Å². The van der Waals surface area contributed by atoms with E-state index in [1.165, 1.54) is 6.21 Å². The summed E-state index contributed by atoms with van der Waals surface area (Å²) in [4.78, 5) is 23.9. The molecule has 1 N–H and O–H groups in total. The zero-order valence-electron chi connectivity index (χ0n) is 16.3. The summed E-state index contributed by atoms with van der Waals surface area (Å²) in [6.45, 7) is -0.137. The Balaban J connectivity index is 1.46. The minimum absolute atomic E-state index is 0.137. The molecule has 0 heterocycles. The number of carbonyl (C=O) groups is 2. The lowest BCUT2D eigenvalue weighted by Gasteiger charge is -2.06. The van der Waals surface area contributed by atoms with E-state index in [1.54, 1.807) is 67.8 Å². The molecule has 0 aliphatic heterocycles. The molecule has 7 nitrogen and oxygen atoms in total. The Labute approximate surface area is 173 Å². The highest BCUT2D eigenvalue weighted by atomic mass is 16.5. The lowest BCUT2D eigenvalue weighted by atomic mass is 10.2. The maximum absolute atomic E-state index is 12.2. The van der Waals surface area contributed by atoms with E-state index in [1.807, 2.05) is 18.2 Å². The third-order valence-corrected chi connectivity index (χ3v) is 3.93. The van der Waals surface area contributed by atoms with Gasteiger partial charge in [-0.25, -0.2) is 10.2 Å². The smallest absolute Gasteiger partial charge is 0.343 e. The van der Waals surface area contributed by atoms with Crippen LogP contribution in [0.25, 0.3) is 0 Å². The average Bonchev–Trinajstić information content (AvgIpc) is 2.79. The summed E-state index contributed by atoms with van der Waals surface area (Å²) in [6.07, 6.45) is 1.48. The highest BCUT2D eigenvalue weighted by Crippen LogP contribution is 2.16. The van der Waals surface area contributed by atoms with Crippen LogP contribution in [0.4, 0.5) is 0 Å². The van der Waals surface area contributed by atoms with E-state index in [9.17, 15) is 9.59 Å². The number of rotatable bonds is 8. The van der Waals surface area contributed by atoms with Gasteiger partial charge in [-0.3, -0.25) is 4.79 Å². The number of hydrazone groups is 1. The molecule has 0 unspecified atom stereocenters. The second kappa shape index (κ2) is 10.4. The summed E-state index contributed by atoms with van der Waals surface area (Å²) in [5, 5.41) is 3.88. The van der Waals surface area contributed by atoms with E-state index >= 15 is 0 Å². The first-order valence-corrected chi connectivity index (χ1v) is 9.10. The predicted octanol–water partition coefficient (Wildman–Crippen LogP) is 3.44. The largest absolute Gasteiger partial charge is 0.497 e. The van der Waals surface area contributed by atoms with E-state index in [2.05, 4.69) is 10.5 Å². The van der Waals surface area contributed by atoms with Gasteiger partial charge in [-0.1, -0.05) is 18.2 Å². The molecule has 152 valence electrons. The Morgan fingerprint density at radius 1 is 0.867 bits per heavy atom. The highest BCUT2D eigenvalue weighted by molar-refractivity contribution is 5.91. The third kappa shape index (κ3) is 6.20. The molecule has 7 heteroatoms. The minimum Gasteiger partial charge on any atom is -0.497 e. The van der Waals surface area contributed by atoms with E-state index in [-0.39, 0.29) is 12.5 Å². The quantitative estimate of drug-likeness (QED) is 0.269. The number of methoxy groups -OCH3 is 1. The first-order chi connectivity index (χ1) is 14.6. The molecular formula is C23H20N2O5. The van der Waals surface area contributed by atoms with Crippen molar-refractivity contribution >= 4 is 18.1 Å². The van der Waals surface area contributed by atoms with Crippen molar-refractivity contribution in [2.24, 2.45) is 5.10 Å². The van der Waals surface area contributed by atoms with Crippen molar-refractivity contribution in [1.82, 2.24) is 5.43 Å². The Morgan fingerprint density at radius 3 is 2.20 bits per heavy atom. The SMILES string of the molecule is COc1ccc(C(=O)Oc2ccc(/C=N/NC(=O)COc3ccccc3)cc2)cc1. The molecule has 0 saturated carbocycles. The van der Waals surface area contributed by atoms with Crippen molar-refractivity contribution in [2.45, 2.75) is 0 Å². The van der Waals surface area contributed by atoms with E-state index < -0.39 is 5.97 Å². The van der Waals surface area contributed by atoms with Crippen LogP contribution in [0.5, 0.6) is 17.2 Å². The molecule has 0 aliphatic rings. The topological polar surface area (TPSA) is 86.2 Å². The van der Waals surface area contributed by atoms with Gasteiger partial charge in [-0.05, 0) is 66.2 Å². The van der Waals surface area contributed by atoms with Crippen molar-refractivity contribution in [1.29, 1.82) is 0 Å². The fourth-order valence-corrected chi connectivity index (χ4v) is 2.39. The van der Waals surface area contributed by atoms with Crippen LogP contribution in [0, 0.1) is 0 Å². The van der Waals surface area contributed by atoms with E-state index in [0.29, 0.717) is 22.8 Å². The Morgan fingerprint density at radius 2 is 1.53 bits per heavy atom. The van der Waals surface area contributed by atoms with Gasteiger partial charge in [0, 0.05) is 0 Å². The maximum Gasteiger partial charge on any atom is 0.343 e. The number of nitrogens with zero attached hydrogens (tertiary/aromatic N) is 1. The normalized spacial score (nSPS) is 10.4. The molecule has 0 atom stereocenters. The number of hydrogen-bond acceptors (Lipinski definition) is 6. The molecular weight excluding hydrogens is 384 g/mol. The number of ether oxygens (including phenoxy) is 3. The van der Waals surface area contributed by atoms with Gasteiger partial charge >= 0.3 is 5.97 Å². The summed E-state index contributed by atoms with van der Waals surface area (Å²) >= 11 is 0. The second-order valence-corrected chi connectivity index (χ2v) is 6.08. The molecule has 30 heavy (non-hydrogen) atoms. The monoisotopic (exact) mass is 404 g/mol.